The van der Waals surface area contributed by atoms with Crippen LogP contribution in [0.3, 0.4) is 0 Å². The second-order valence-electron chi connectivity index (χ2n) is 5.98. The molecule has 1 N–H and O–H groups in total. The molecule has 0 aliphatic heterocycles. The van der Waals surface area contributed by atoms with Crippen molar-refractivity contribution in [1.82, 2.24) is 24.3 Å². The van der Waals surface area contributed by atoms with Crippen molar-refractivity contribution < 1.29 is 0 Å². The van der Waals surface area contributed by atoms with Crippen molar-refractivity contribution in [3.05, 3.63) is 48.9 Å². The van der Waals surface area contributed by atoms with Crippen LogP contribution in [0.15, 0.2) is 48.9 Å². The molecule has 0 aliphatic rings. The fourth-order valence-corrected chi connectivity index (χ4v) is 3.34. The highest BCUT2D eigenvalue weighted by Crippen LogP contribution is 2.30. The highest BCUT2D eigenvalue weighted by Gasteiger charge is 2.11. The van der Waals surface area contributed by atoms with Crippen molar-refractivity contribution in [2.24, 2.45) is 14.1 Å². The van der Waals surface area contributed by atoms with E-state index in [1.165, 1.54) is 10.9 Å². The van der Waals surface area contributed by atoms with E-state index in [0.29, 0.717) is 0 Å². The van der Waals surface area contributed by atoms with Crippen LogP contribution in [-0.2, 0) is 14.1 Å². The molecule has 0 radical (unpaired) electrons. The van der Waals surface area contributed by atoms with Crippen molar-refractivity contribution in [3.63, 3.8) is 0 Å². The molecule has 5 nitrogen and oxygen atoms in total. The number of nitrogens with one attached hydrogen (secondary N) is 1. The van der Waals surface area contributed by atoms with Gasteiger partial charge in [-0.15, -0.1) is 0 Å². The maximum absolute atomic E-state index is 4.52. The lowest BCUT2D eigenvalue weighted by Gasteiger charge is -2.00. The Bertz CT molecular complexity index is 1190. The second kappa shape index (κ2) is 4.23. The molecule has 4 aromatic heterocycles. The van der Waals surface area contributed by atoms with E-state index in [1.807, 2.05) is 24.1 Å². The summed E-state index contributed by atoms with van der Waals surface area (Å²) in [5.41, 5.74) is 5.48. The van der Waals surface area contributed by atoms with Gasteiger partial charge < -0.3 is 9.55 Å². The Morgan fingerprint density at radius 1 is 1.00 bits per heavy atom. The van der Waals surface area contributed by atoms with E-state index in [1.54, 1.807) is 0 Å². The van der Waals surface area contributed by atoms with E-state index < -0.39 is 0 Å². The summed E-state index contributed by atoms with van der Waals surface area (Å²) >= 11 is 0. The highest BCUT2D eigenvalue weighted by molar-refractivity contribution is 6.04. The molecule has 0 aliphatic carbocycles. The third-order valence-electron chi connectivity index (χ3n) is 4.55. The molecule has 0 spiro atoms. The number of fused-ring (bicyclic) bond motifs is 4. The van der Waals surface area contributed by atoms with Crippen molar-refractivity contribution in [2.75, 3.05) is 0 Å². The van der Waals surface area contributed by atoms with Gasteiger partial charge in [0.15, 0.2) is 0 Å². The molecule has 4 heterocycles. The summed E-state index contributed by atoms with van der Waals surface area (Å²) in [6, 6.07) is 10.8. The van der Waals surface area contributed by atoms with Crippen LogP contribution in [0.4, 0.5) is 0 Å². The number of benzene rings is 1. The lowest BCUT2D eigenvalue weighted by molar-refractivity contribution is 0.799. The lowest BCUT2D eigenvalue weighted by Crippen LogP contribution is -1.89. The first-order chi connectivity index (χ1) is 11.2. The molecule has 0 amide bonds. The Kier molecular flexibility index (Phi) is 2.29. The molecule has 0 saturated carbocycles. The van der Waals surface area contributed by atoms with Crippen LogP contribution in [-0.4, -0.2) is 24.3 Å². The normalized spacial score (nSPS) is 11.9. The number of nitrogens with zero attached hydrogens (tertiary/aromatic N) is 4. The van der Waals surface area contributed by atoms with Gasteiger partial charge in [-0.3, -0.25) is 4.68 Å². The van der Waals surface area contributed by atoms with Crippen molar-refractivity contribution in [2.45, 2.75) is 0 Å². The molecule has 5 heteroatoms. The molecule has 0 fully saturated rings. The highest BCUT2D eigenvalue weighted by atomic mass is 15.2. The first-order valence-corrected chi connectivity index (χ1v) is 7.55. The van der Waals surface area contributed by atoms with Crippen LogP contribution in [0.5, 0.6) is 0 Å². The Morgan fingerprint density at radius 2 is 1.91 bits per heavy atom. The molecule has 1 aromatic carbocycles. The molecule has 5 aromatic rings. The van der Waals surface area contributed by atoms with Crippen LogP contribution in [0.2, 0.25) is 0 Å². The van der Waals surface area contributed by atoms with Crippen LogP contribution >= 0.6 is 0 Å². The van der Waals surface area contributed by atoms with E-state index in [2.05, 4.69) is 63.2 Å². The molecule has 0 saturated heterocycles. The summed E-state index contributed by atoms with van der Waals surface area (Å²) < 4.78 is 4.03. The average molecular weight is 301 g/mol. The number of hydrogen-bond acceptors (Lipinski definition) is 2. The molecule has 0 unspecified atom stereocenters. The zero-order valence-electron chi connectivity index (χ0n) is 12.9. The maximum Gasteiger partial charge on any atom is 0.139 e. The summed E-state index contributed by atoms with van der Waals surface area (Å²) in [6.45, 7) is 0. The van der Waals surface area contributed by atoms with Crippen molar-refractivity contribution in [3.8, 4) is 11.3 Å². The number of aromatic nitrogens is 5. The average Bonchev–Trinajstić information content (AvgIpc) is 3.24. The third kappa shape index (κ3) is 1.67. The smallest absolute Gasteiger partial charge is 0.139 e. The minimum Gasteiger partial charge on any atom is -0.351 e. The zero-order chi connectivity index (χ0) is 15.6. The molecule has 0 atom stereocenters. The standard InChI is InChI=1S/C18H15N5/c1-22-6-5-12-7-11(3-4-16(12)22)15-8-14-17-13(10-20-23(17)2)9-19-18(14)21-15/h3-10H,1-2H3,(H,19,21). The predicted molar refractivity (Wildman–Crippen MR) is 92.3 cm³/mol. The Labute approximate surface area is 132 Å². The van der Waals surface area contributed by atoms with Crippen LogP contribution in [0.25, 0.3) is 44.1 Å². The van der Waals surface area contributed by atoms with Crippen LogP contribution in [0, 0.1) is 0 Å². The fraction of sp³-hybridized carbons (Fsp3) is 0.111. The van der Waals surface area contributed by atoms with Gasteiger partial charge in [0, 0.05) is 53.9 Å². The number of pyridine rings is 1. The fourth-order valence-electron chi connectivity index (χ4n) is 3.34. The Balaban J connectivity index is 1.78. The van der Waals surface area contributed by atoms with Gasteiger partial charge in [0.2, 0.25) is 0 Å². The third-order valence-corrected chi connectivity index (χ3v) is 4.55. The number of aromatic amines is 1. The number of aryl methyl sites for hydroxylation is 2. The van der Waals surface area contributed by atoms with Gasteiger partial charge in [0.05, 0.1) is 11.7 Å². The van der Waals surface area contributed by atoms with E-state index in [-0.39, 0.29) is 0 Å². The number of rotatable bonds is 1. The summed E-state index contributed by atoms with van der Waals surface area (Å²) in [6.07, 6.45) is 5.80. The summed E-state index contributed by atoms with van der Waals surface area (Å²) in [5.74, 6) is 0. The quantitative estimate of drug-likeness (QED) is 0.514. The van der Waals surface area contributed by atoms with Crippen LogP contribution < -0.4 is 0 Å². The predicted octanol–water partition coefficient (Wildman–Crippen LogP) is 3.61. The van der Waals surface area contributed by atoms with Gasteiger partial charge in [0.1, 0.15) is 5.65 Å². The van der Waals surface area contributed by atoms with E-state index in [0.717, 1.165) is 33.2 Å². The van der Waals surface area contributed by atoms with Gasteiger partial charge in [-0.2, -0.15) is 5.10 Å². The van der Waals surface area contributed by atoms with Gasteiger partial charge in [-0.1, -0.05) is 6.07 Å². The maximum atomic E-state index is 4.52. The first kappa shape index (κ1) is 12.5. The number of hydrogen-bond donors (Lipinski definition) is 1. The summed E-state index contributed by atoms with van der Waals surface area (Å²) in [7, 11) is 4.03. The molecule has 0 bridgehead atoms. The first-order valence-electron chi connectivity index (χ1n) is 7.55. The van der Waals surface area contributed by atoms with E-state index >= 15 is 0 Å². The zero-order valence-corrected chi connectivity index (χ0v) is 12.9. The molecular formula is C18H15N5. The lowest BCUT2D eigenvalue weighted by atomic mass is 10.1. The van der Waals surface area contributed by atoms with Crippen molar-refractivity contribution >= 4 is 32.8 Å². The summed E-state index contributed by atoms with van der Waals surface area (Å²) in [5, 5.41) is 7.73. The van der Waals surface area contributed by atoms with E-state index in [9.17, 15) is 0 Å². The monoisotopic (exact) mass is 301 g/mol. The largest absolute Gasteiger partial charge is 0.351 e. The Hall–Kier alpha value is -3.08. The molecular weight excluding hydrogens is 286 g/mol. The minimum absolute atomic E-state index is 0.893. The van der Waals surface area contributed by atoms with E-state index in [4.69, 9.17) is 0 Å². The minimum atomic E-state index is 0.893. The second-order valence-corrected chi connectivity index (χ2v) is 5.98. The summed E-state index contributed by atoms with van der Waals surface area (Å²) in [4.78, 5) is 7.96. The van der Waals surface area contributed by atoms with Crippen molar-refractivity contribution in [1.29, 1.82) is 0 Å². The van der Waals surface area contributed by atoms with Gasteiger partial charge in [0.25, 0.3) is 0 Å². The molecule has 112 valence electrons. The number of H-pyrrole nitrogens is 1. The topological polar surface area (TPSA) is 51.4 Å². The van der Waals surface area contributed by atoms with Gasteiger partial charge in [-0.05, 0) is 29.8 Å². The van der Waals surface area contributed by atoms with Crippen LogP contribution in [0.1, 0.15) is 0 Å². The molecule has 5 rings (SSSR count). The SMILES string of the molecule is Cn1ccc2cc(-c3cc4c(ncc5cnn(C)c54)[nH]3)ccc21. The van der Waals surface area contributed by atoms with Gasteiger partial charge >= 0.3 is 0 Å². The van der Waals surface area contributed by atoms with Gasteiger partial charge in [-0.25, -0.2) is 4.98 Å². The Morgan fingerprint density at radius 3 is 2.83 bits per heavy atom. The molecule has 23 heavy (non-hydrogen) atoms.